The Morgan fingerprint density at radius 2 is 2.24 bits per heavy atom. The Labute approximate surface area is 100 Å². The van der Waals surface area contributed by atoms with Crippen LogP contribution in [0.15, 0.2) is 12.5 Å². The molecule has 1 aromatic rings. The average molecular weight is 235 g/mol. The van der Waals surface area contributed by atoms with Gasteiger partial charge in [-0.2, -0.15) is 0 Å². The molecule has 0 spiro atoms. The van der Waals surface area contributed by atoms with Gasteiger partial charge in [-0.05, 0) is 12.8 Å². The maximum atomic E-state index is 7.53. The van der Waals surface area contributed by atoms with Gasteiger partial charge in [0.1, 0.15) is 18.0 Å². The Balaban J connectivity index is 2.23. The van der Waals surface area contributed by atoms with Crippen molar-refractivity contribution < 1.29 is 4.74 Å². The molecule has 1 aliphatic heterocycles. The molecule has 0 radical (unpaired) electrons. The number of nitrogens with one attached hydrogen (secondary N) is 1. The fourth-order valence-corrected chi connectivity index (χ4v) is 2.04. The predicted octanol–water partition coefficient (Wildman–Crippen LogP) is 0.376. The van der Waals surface area contributed by atoms with Crippen LogP contribution in [0.4, 0.5) is 5.82 Å². The first-order valence-corrected chi connectivity index (χ1v) is 5.65. The number of amidine groups is 1. The van der Waals surface area contributed by atoms with Crippen molar-refractivity contribution >= 4 is 11.7 Å². The zero-order valence-electron chi connectivity index (χ0n) is 9.89. The highest BCUT2D eigenvalue weighted by Crippen LogP contribution is 2.21. The van der Waals surface area contributed by atoms with Crippen molar-refractivity contribution in [3.05, 3.63) is 18.1 Å². The molecule has 0 aromatic carbocycles. The van der Waals surface area contributed by atoms with Crippen LogP contribution in [-0.2, 0) is 4.74 Å². The number of aromatic nitrogens is 2. The first kappa shape index (κ1) is 11.8. The summed E-state index contributed by atoms with van der Waals surface area (Å²) in [5.41, 5.74) is 6.12. The molecule has 0 bridgehead atoms. The maximum Gasteiger partial charge on any atom is 0.142 e. The predicted molar refractivity (Wildman–Crippen MR) is 65.3 cm³/mol. The third kappa shape index (κ3) is 2.52. The molecule has 17 heavy (non-hydrogen) atoms. The molecular formula is C11H17N5O. The van der Waals surface area contributed by atoms with Crippen LogP contribution in [0.25, 0.3) is 0 Å². The van der Waals surface area contributed by atoms with E-state index in [4.69, 9.17) is 15.9 Å². The van der Waals surface area contributed by atoms with E-state index in [1.54, 1.807) is 6.20 Å². The lowest BCUT2D eigenvalue weighted by Gasteiger charge is -2.32. The van der Waals surface area contributed by atoms with E-state index >= 15 is 0 Å². The van der Waals surface area contributed by atoms with E-state index in [-0.39, 0.29) is 5.84 Å². The van der Waals surface area contributed by atoms with Crippen molar-refractivity contribution in [2.75, 3.05) is 25.2 Å². The van der Waals surface area contributed by atoms with Gasteiger partial charge < -0.3 is 15.4 Å². The van der Waals surface area contributed by atoms with Gasteiger partial charge >= 0.3 is 0 Å². The highest BCUT2D eigenvalue weighted by Gasteiger charge is 2.22. The number of nitrogens with zero attached hydrogens (tertiary/aromatic N) is 3. The second kappa shape index (κ2) is 5.09. The molecule has 6 heteroatoms. The smallest absolute Gasteiger partial charge is 0.142 e. The first-order chi connectivity index (χ1) is 8.20. The standard InChI is InChI=1S/C11H17N5O/c1-16(8-2-4-17-5-3-8)11-9(10(12)13)6-14-7-15-11/h6-8H,2-5H2,1H3,(H3,12,13). The van der Waals surface area contributed by atoms with Crippen molar-refractivity contribution in [3.8, 4) is 0 Å². The summed E-state index contributed by atoms with van der Waals surface area (Å²) in [7, 11) is 1.98. The van der Waals surface area contributed by atoms with Crippen LogP contribution in [0.1, 0.15) is 18.4 Å². The van der Waals surface area contributed by atoms with E-state index in [0.717, 1.165) is 31.9 Å². The van der Waals surface area contributed by atoms with Gasteiger partial charge in [-0.25, -0.2) is 9.97 Å². The number of hydrogen-bond acceptors (Lipinski definition) is 5. The summed E-state index contributed by atoms with van der Waals surface area (Å²) in [6.45, 7) is 1.55. The van der Waals surface area contributed by atoms with Gasteiger partial charge in [0.05, 0.1) is 5.56 Å². The SMILES string of the molecule is CN(c1ncncc1C(=N)N)C1CCOCC1. The molecule has 1 aromatic heterocycles. The summed E-state index contributed by atoms with van der Waals surface area (Å²) < 4.78 is 5.34. The number of hydrogen-bond donors (Lipinski definition) is 2. The summed E-state index contributed by atoms with van der Waals surface area (Å²) in [4.78, 5) is 10.2. The van der Waals surface area contributed by atoms with Gasteiger partial charge in [0.15, 0.2) is 0 Å². The Kier molecular flexibility index (Phi) is 3.53. The van der Waals surface area contributed by atoms with E-state index in [2.05, 4.69) is 14.9 Å². The minimum absolute atomic E-state index is 0.000454. The second-order valence-electron chi connectivity index (χ2n) is 4.13. The van der Waals surface area contributed by atoms with Crippen LogP contribution >= 0.6 is 0 Å². The Morgan fingerprint density at radius 3 is 2.88 bits per heavy atom. The van der Waals surface area contributed by atoms with Gasteiger partial charge in [0, 0.05) is 32.5 Å². The molecule has 0 saturated carbocycles. The minimum atomic E-state index is -0.000454. The fraction of sp³-hybridized carbons (Fsp3) is 0.545. The number of ether oxygens (including phenoxy) is 1. The van der Waals surface area contributed by atoms with Crippen LogP contribution in [0, 0.1) is 5.41 Å². The molecule has 2 rings (SSSR count). The Morgan fingerprint density at radius 1 is 1.53 bits per heavy atom. The van der Waals surface area contributed by atoms with E-state index in [9.17, 15) is 0 Å². The van der Waals surface area contributed by atoms with Gasteiger partial charge in [-0.1, -0.05) is 0 Å². The summed E-state index contributed by atoms with van der Waals surface area (Å²) >= 11 is 0. The third-order valence-corrected chi connectivity index (χ3v) is 3.05. The molecule has 1 aliphatic rings. The third-order valence-electron chi connectivity index (χ3n) is 3.05. The number of nitrogen functional groups attached to an aromatic ring is 1. The van der Waals surface area contributed by atoms with E-state index in [1.807, 2.05) is 7.05 Å². The quantitative estimate of drug-likeness (QED) is 0.584. The lowest BCUT2D eigenvalue weighted by atomic mass is 10.1. The molecular weight excluding hydrogens is 218 g/mol. The molecule has 3 N–H and O–H groups in total. The summed E-state index contributed by atoms with van der Waals surface area (Å²) in [6.07, 6.45) is 5.01. The summed E-state index contributed by atoms with van der Waals surface area (Å²) in [5, 5.41) is 7.53. The molecule has 0 unspecified atom stereocenters. The molecule has 1 saturated heterocycles. The number of nitrogens with two attached hydrogens (primary N) is 1. The van der Waals surface area contributed by atoms with Gasteiger partial charge in [-0.3, -0.25) is 5.41 Å². The summed E-state index contributed by atoms with van der Waals surface area (Å²) in [6, 6.07) is 0.386. The topological polar surface area (TPSA) is 88.1 Å². The molecule has 6 nitrogen and oxygen atoms in total. The van der Waals surface area contributed by atoms with Gasteiger partial charge in [0.2, 0.25) is 0 Å². The Hall–Kier alpha value is -1.69. The van der Waals surface area contributed by atoms with Crippen LogP contribution < -0.4 is 10.6 Å². The van der Waals surface area contributed by atoms with Crippen molar-refractivity contribution in [1.29, 1.82) is 5.41 Å². The van der Waals surface area contributed by atoms with Crippen molar-refractivity contribution in [1.82, 2.24) is 9.97 Å². The van der Waals surface area contributed by atoms with Gasteiger partial charge in [-0.15, -0.1) is 0 Å². The van der Waals surface area contributed by atoms with Crippen molar-refractivity contribution in [2.45, 2.75) is 18.9 Å². The normalized spacial score (nSPS) is 16.8. The second-order valence-corrected chi connectivity index (χ2v) is 4.13. The number of rotatable bonds is 3. The van der Waals surface area contributed by atoms with Gasteiger partial charge in [0.25, 0.3) is 0 Å². The van der Waals surface area contributed by atoms with Crippen LogP contribution in [0.2, 0.25) is 0 Å². The summed E-state index contributed by atoms with van der Waals surface area (Å²) in [5.74, 6) is 0.721. The monoisotopic (exact) mass is 235 g/mol. The van der Waals surface area contributed by atoms with Crippen LogP contribution in [0.3, 0.4) is 0 Å². The molecule has 0 aliphatic carbocycles. The zero-order chi connectivity index (χ0) is 12.3. The molecule has 1 fully saturated rings. The van der Waals surface area contributed by atoms with Crippen molar-refractivity contribution in [2.24, 2.45) is 5.73 Å². The minimum Gasteiger partial charge on any atom is -0.384 e. The largest absolute Gasteiger partial charge is 0.384 e. The lowest BCUT2D eigenvalue weighted by Crippen LogP contribution is -2.38. The van der Waals surface area contributed by atoms with Crippen LogP contribution in [0.5, 0.6) is 0 Å². The molecule has 0 amide bonds. The van der Waals surface area contributed by atoms with E-state index in [0.29, 0.717) is 11.6 Å². The van der Waals surface area contributed by atoms with E-state index in [1.165, 1.54) is 6.33 Å². The highest BCUT2D eigenvalue weighted by molar-refractivity contribution is 5.99. The average Bonchev–Trinajstić information content (AvgIpc) is 2.39. The highest BCUT2D eigenvalue weighted by atomic mass is 16.5. The number of anilines is 1. The molecule has 92 valence electrons. The molecule has 2 heterocycles. The van der Waals surface area contributed by atoms with E-state index < -0.39 is 0 Å². The zero-order valence-corrected chi connectivity index (χ0v) is 9.89. The molecule has 0 atom stereocenters. The van der Waals surface area contributed by atoms with Crippen LogP contribution in [-0.4, -0.2) is 42.1 Å². The van der Waals surface area contributed by atoms with Crippen molar-refractivity contribution in [3.63, 3.8) is 0 Å². The Bertz CT molecular complexity index is 403. The lowest BCUT2D eigenvalue weighted by molar-refractivity contribution is 0.0853. The first-order valence-electron chi connectivity index (χ1n) is 5.65. The fourth-order valence-electron chi connectivity index (χ4n) is 2.04. The maximum absolute atomic E-state index is 7.53.